The number of anilines is 1. The largest absolute Gasteiger partial charge is 0.453 e. The number of nitrogens with one attached hydrogen (secondary N) is 1. The normalized spacial score (nSPS) is 16.6. The molecule has 1 aliphatic heterocycles. The summed E-state index contributed by atoms with van der Waals surface area (Å²) in [4.78, 5) is 23.6. The minimum Gasteiger partial charge on any atom is -0.453 e. The van der Waals surface area contributed by atoms with E-state index in [-0.39, 0.29) is 18.3 Å². The maximum atomic E-state index is 11.9. The molecule has 0 bridgehead atoms. The number of carbonyl (C=O) groups is 2. The van der Waals surface area contributed by atoms with Crippen LogP contribution in [0.4, 0.5) is 5.82 Å². The molecule has 6 nitrogen and oxygen atoms in total. The molecule has 0 fully saturated rings. The summed E-state index contributed by atoms with van der Waals surface area (Å²) in [5.74, 6) is -0.135. The van der Waals surface area contributed by atoms with Crippen molar-refractivity contribution in [1.29, 1.82) is 0 Å². The van der Waals surface area contributed by atoms with Gasteiger partial charge in [0.15, 0.2) is 5.82 Å². The van der Waals surface area contributed by atoms with Crippen molar-refractivity contribution in [2.75, 3.05) is 5.32 Å². The third-order valence-corrected chi connectivity index (χ3v) is 3.13. The fraction of sp³-hybridized carbons (Fsp3) is 0.214. The van der Waals surface area contributed by atoms with Crippen LogP contribution in [0.25, 0.3) is 0 Å². The van der Waals surface area contributed by atoms with Crippen LogP contribution in [0.2, 0.25) is 0 Å². The van der Waals surface area contributed by atoms with Gasteiger partial charge in [0.25, 0.3) is 0 Å². The lowest BCUT2D eigenvalue weighted by molar-refractivity contribution is -0.118. The number of cyclic esters (lactones) is 1. The SMILES string of the molecule is Cn1ccc(NC(=O)CC2OC(=O)c3ccccc32)n1. The van der Waals surface area contributed by atoms with Crippen molar-refractivity contribution in [2.24, 2.45) is 7.05 Å². The van der Waals surface area contributed by atoms with Crippen molar-refractivity contribution < 1.29 is 14.3 Å². The minimum absolute atomic E-state index is 0.0827. The van der Waals surface area contributed by atoms with Crippen molar-refractivity contribution in [3.63, 3.8) is 0 Å². The average molecular weight is 271 g/mol. The van der Waals surface area contributed by atoms with Crippen molar-refractivity contribution in [3.05, 3.63) is 47.7 Å². The first kappa shape index (κ1) is 12.4. The molecule has 0 saturated heterocycles. The van der Waals surface area contributed by atoms with Gasteiger partial charge in [0.2, 0.25) is 5.91 Å². The quantitative estimate of drug-likeness (QED) is 0.862. The standard InChI is InChI=1S/C14H13N3O3/c1-17-7-6-12(16-17)15-13(18)8-11-9-4-2-3-5-10(9)14(19)20-11/h2-7,11H,8H2,1H3,(H,15,16,18). The summed E-state index contributed by atoms with van der Waals surface area (Å²) in [6.45, 7) is 0. The second kappa shape index (κ2) is 4.80. The maximum absolute atomic E-state index is 11.9. The molecule has 2 aromatic rings. The van der Waals surface area contributed by atoms with E-state index in [2.05, 4.69) is 10.4 Å². The van der Waals surface area contributed by atoms with Gasteiger partial charge in [-0.05, 0) is 6.07 Å². The van der Waals surface area contributed by atoms with E-state index < -0.39 is 6.10 Å². The second-order valence-corrected chi connectivity index (χ2v) is 4.61. The molecule has 6 heteroatoms. The summed E-state index contributed by atoms with van der Waals surface area (Å²) in [7, 11) is 1.77. The average Bonchev–Trinajstić information content (AvgIpc) is 2.95. The predicted molar refractivity (Wildman–Crippen MR) is 71.1 cm³/mol. The number of hydrogen-bond acceptors (Lipinski definition) is 4. The molecule has 0 aliphatic carbocycles. The highest BCUT2D eigenvalue weighted by Crippen LogP contribution is 2.32. The summed E-state index contributed by atoms with van der Waals surface area (Å²) in [6, 6.07) is 8.81. The van der Waals surface area contributed by atoms with Crippen LogP contribution in [0.15, 0.2) is 36.5 Å². The van der Waals surface area contributed by atoms with Gasteiger partial charge in [0.1, 0.15) is 6.10 Å². The zero-order valence-electron chi connectivity index (χ0n) is 10.9. The number of esters is 1. The van der Waals surface area contributed by atoms with E-state index in [0.717, 1.165) is 5.56 Å². The number of nitrogens with zero attached hydrogens (tertiary/aromatic N) is 2. The van der Waals surface area contributed by atoms with E-state index in [1.54, 1.807) is 42.2 Å². The third kappa shape index (κ3) is 2.27. The lowest BCUT2D eigenvalue weighted by Gasteiger charge is -2.09. The molecule has 2 heterocycles. The zero-order valence-corrected chi connectivity index (χ0v) is 10.9. The van der Waals surface area contributed by atoms with E-state index >= 15 is 0 Å². The molecule has 1 unspecified atom stereocenters. The fourth-order valence-corrected chi connectivity index (χ4v) is 2.22. The predicted octanol–water partition coefficient (Wildman–Crippen LogP) is 1.66. The van der Waals surface area contributed by atoms with Crippen molar-refractivity contribution in [1.82, 2.24) is 9.78 Å². The van der Waals surface area contributed by atoms with Crippen LogP contribution < -0.4 is 5.32 Å². The molecule has 0 radical (unpaired) electrons. The van der Waals surface area contributed by atoms with Gasteiger partial charge in [-0.1, -0.05) is 18.2 Å². The number of aromatic nitrogens is 2. The van der Waals surface area contributed by atoms with Crippen molar-refractivity contribution in [2.45, 2.75) is 12.5 Å². The van der Waals surface area contributed by atoms with Crippen molar-refractivity contribution >= 4 is 17.7 Å². The summed E-state index contributed by atoms with van der Waals surface area (Å²) < 4.78 is 6.82. The van der Waals surface area contributed by atoms with E-state index in [1.807, 2.05) is 6.07 Å². The molecule has 1 aromatic carbocycles. The molecule has 3 rings (SSSR count). The molecule has 20 heavy (non-hydrogen) atoms. The first-order chi connectivity index (χ1) is 9.63. The van der Waals surface area contributed by atoms with Gasteiger partial charge in [-0.2, -0.15) is 5.10 Å². The number of benzene rings is 1. The van der Waals surface area contributed by atoms with Gasteiger partial charge >= 0.3 is 5.97 Å². The zero-order chi connectivity index (χ0) is 14.1. The van der Waals surface area contributed by atoms with E-state index in [4.69, 9.17) is 4.74 Å². The molecule has 1 amide bonds. The van der Waals surface area contributed by atoms with Gasteiger partial charge in [0.05, 0.1) is 12.0 Å². The van der Waals surface area contributed by atoms with E-state index in [0.29, 0.717) is 11.4 Å². The van der Waals surface area contributed by atoms with Crippen LogP contribution in [0, 0.1) is 0 Å². The highest BCUT2D eigenvalue weighted by molar-refractivity contribution is 5.96. The van der Waals surface area contributed by atoms with Gasteiger partial charge in [0, 0.05) is 24.9 Å². The van der Waals surface area contributed by atoms with Crippen LogP contribution >= 0.6 is 0 Å². The molecule has 0 spiro atoms. The van der Waals surface area contributed by atoms with Crippen LogP contribution in [0.3, 0.4) is 0 Å². The van der Waals surface area contributed by atoms with Gasteiger partial charge in [-0.15, -0.1) is 0 Å². The second-order valence-electron chi connectivity index (χ2n) is 4.61. The Balaban J connectivity index is 1.70. The Morgan fingerprint density at radius 3 is 2.95 bits per heavy atom. The third-order valence-electron chi connectivity index (χ3n) is 3.13. The smallest absolute Gasteiger partial charge is 0.339 e. The Hall–Kier alpha value is -2.63. The number of ether oxygens (including phenoxy) is 1. The first-order valence-corrected chi connectivity index (χ1v) is 6.23. The topological polar surface area (TPSA) is 73.2 Å². The number of rotatable bonds is 3. The summed E-state index contributed by atoms with van der Waals surface area (Å²) >= 11 is 0. The van der Waals surface area contributed by atoms with Crippen LogP contribution in [0.5, 0.6) is 0 Å². The molecule has 1 N–H and O–H groups in total. The Bertz CT molecular complexity index is 678. The fourth-order valence-electron chi connectivity index (χ4n) is 2.22. The Labute approximate surface area is 115 Å². The van der Waals surface area contributed by atoms with Crippen LogP contribution in [-0.2, 0) is 16.6 Å². The van der Waals surface area contributed by atoms with Gasteiger partial charge < -0.3 is 10.1 Å². The highest BCUT2D eigenvalue weighted by atomic mass is 16.5. The maximum Gasteiger partial charge on any atom is 0.339 e. The Morgan fingerprint density at radius 2 is 2.20 bits per heavy atom. The number of carbonyl (C=O) groups excluding carboxylic acids is 2. The molecule has 0 saturated carbocycles. The van der Waals surface area contributed by atoms with Crippen LogP contribution in [-0.4, -0.2) is 21.7 Å². The number of fused-ring (bicyclic) bond motifs is 1. The Kier molecular flexibility index (Phi) is 2.98. The molecule has 1 aromatic heterocycles. The monoisotopic (exact) mass is 271 g/mol. The number of aryl methyl sites for hydroxylation is 1. The van der Waals surface area contributed by atoms with E-state index in [9.17, 15) is 9.59 Å². The first-order valence-electron chi connectivity index (χ1n) is 6.23. The van der Waals surface area contributed by atoms with E-state index in [1.165, 1.54) is 0 Å². The molecule has 1 aliphatic rings. The molecular weight excluding hydrogens is 258 g/mol. The lowest BCUT2D eigenvalue weighted by Crippen LogP contribution is -2.16. The number of amides is 1. The Morgan fingerprint density at radius 1 is 1.40 bits per heavy atom. The summed E-state index contributed by atoms with van der Waals surface area (Å²) in [5, 5.41) is 6.73. The van der Waals surface area contributed by atoms with Crippen molar-refractivity contribution in [3.8, 4) is 0 Å². The molecule has 102 valence electrons. The number of hydrogen-bond donors (Lipinski definition) is 1. The van der Waals surface area contributed by atoms with Gasteiger partial charge in [-0.3, -0.25) is 9.48 Å². The molecular formula is C14H13N3O3. The minimum atomic E-state index is -0.526. The van der Waals surface area contributed by atoms with Gasteiger partial charge in [-0.25, -0.2) is 4.79 Å². The lowest BCUT2D eigenvalue weighted by atomic mass is 10.0. The molecule has 1 atom stereocenters. The summed E-state index contributed by atoms with van der Waals surface area (Å²) in [6.07, 6.45) is 1.29. The highest BCUT2D eigenvalue weighted by Gasteiger charge is 2.32. The van der Waals surface area contributed by atoms with Crippen LogP contribution in [0.1, 0.15) is 28.4 Å². The summed E-state index contributed by atoms with van der Waals surface area (Å²) in [5.41, 5.74) is 1.29.